The highest BCUT2D eigenvalue weighted by Crippen LogP contribution is 1.95. The van der Waals surface area contributed by atoms with Crippen LogP contribution in [-0.4, -0.2) is 24.8 Å². The van der Waals surface area contributed by atoms with Gasteiger partial charge in [0.05, 0.1) is 0 Å². The molecule has 0 aromatic carbocycles. The summed E-state index contributed by atoms with van der Waals surface area (Å²) in [4.78, 5) is 21.3. The SMILES string of the molecule is CCCOC1NC(=O)NC1=O. The van der Waals surface area contributed by atoms with E-state index in [0.29, 0.717) is 6.61 Å². The number of rotatable bonds is 3. The highest BCUT2D eigenvalue weighted by molar-refractivity contribution is 6.03. The third-order valence-electron chi connectivity index (χ3n) is 1.23. The fourth-order valence-corrected chi connectivity index (χ4v) is 0.751. The minimum atomic E-state index is -0.789. The smallest absolute Gasteiger partial charge is 0.323 e. The summed E-state index contributed by atoms with van der Waals surface area (Å²) in [5, 5.41) is 4.38. The number of urea groups is 1. The Labute approximate surface area is 64.1 Å². The molecular formula is C6H10N2O3. The molecule has 11 heavy (non-hydrogen) atoms. The Morgan fingerprint density at radius 2 is 2.27 bits per heavy atom. The van der Waals surface area contributed by atoms with Crippen LogP contribution in [0.5, 0.6) is 0 Å². The number of carbonyl (C=O) groups excluding carboxylic acids is 2. The second-order valence-corrected chi connectivity index (χ2v) is 2.21. The van der Waals surface area contributed by atoms with Crippen molar-refractivity contribution in [2.75, 3.05) is 6.61 Å². The van der Waals surface area contributed by atoms with Crippen molar-refractivity contribution in [3.63, 3.8) is 0 Å². The lowest BCUT2D eigenvalue weighted by atomic mass is 10.5. The second-order valence-electron chi connectivity index (χ2n) is 2.21. The van der Waals surface area contributed by atoms with E-state index in [9.17, 15) is 9.59 Å². The summed E-state index contributed by atoms with van der Waals surface area (Å²) >= 11 is 0. The van der Waals surface area contributed by atoms with E-state index in [1.54, 1.807) is 0 Å². The maximum atomic E-state index is 10.8. The molecule has 62 valence electrons. The maximum absolute atomic E-state index is 10.8. The van der Waals surface area contributed by atoms with Gasteiger partial charge in [-0.1, -0.05) is 6.92 Å². The van der Waals surface area contributed by atoms with Gasteiger partial charge in [0.25, 0.3) is 5.91 Å². The Balaban J connectivity index is 2.34. The van der Waals surface area contributed by atoms with E-state index in [2.05, 4.69) is 10.6 Å². The molecule has 1 saturated heterocycles. The third-order valence-corrected chi connectivity index (χ3v) is 1.23. The molecule has 1 heterocycles. The molecule has 2 N–H and O–H groups in total. The van der Waals surface area contributed by atoms with Gasteiger partial charge in [0, 0.05) is 6.61 Å². The van der Waals surface area contributed by atoms with E-state index < -0.39 is 18.2 Å². The molecule has 0 spiro atoms. The molecule has 1 rings (SSSR count). The Bertz CT molecular complexity index is 181. The molecule has 0 bridgehead atoms. The van der Waals surface area contributed by atoms with Gasteiger partial charge in [-0.2, -0.15) is 0 Å². The van der Waals surface area contributed by atoms with Crippen LogP contribution >= 0.6 is 0 Å². The van der Waals surface area contributed by atoms with Crippen molar-refractivity contribution < 1.29 is 14.3 Å². The standard InChI is InChI=1S/C6H10N2O3/c1-2-3-11-5-4(9)7-6(10)8-5/h5H,2-3H2,1H3,(H2,7,8,9,10). The van der Waals surface area contributed by atoms with Crippen LogP contribution in [0.3, 0.4) is 0 Å². The van der Waals surface area contributed by atoms with E-state index in [1.807, 2.05) is 6.92 Å². The molecule has 1 unspecified atom stereocenters. The Kier molecular flexibility index (Phi) is 2.43. The molecule has 1 aliphatic rings. The number of nitrogens with one attached hydrogen (secondary N) is 2. The summed E-state index contributed by atoms with van der Waals surface area (Å²) in [7, 11) is 0. The Morgan fingerprint density at radius 1 is 1.55 bits per heavy atom. The fourth-order valence-electron chi connectivity index (χ4n) is 0.751. The largest absolute Gasteiger partial charge is 0.349 e. The topological polar surface area (TPSA) is 67.4 Å². The van der Waals surface area contributed by atoms with Crippen molar-refractivity contribution in [3.05, 3.63) is 0 Å². The first-order chi connectivity index (χ1) is 5.24. The van der Waals surface area contributed by atoms with Gasteiger partial charge in [0.2, 0.25) is 6.23 Å². The lowest BCUT2D eigenvalue weighted by Gasteiger charge is -2.06. The molecule has 0 aliphatic carbocycles. The number of amides is 3. The van der Waals surface area contributed by atoms with Gasteiger partial charge in [-0.3, -0.25) is 10.1 Å². The summed E-state index contributed by atoms with van der Waals surface area (Å²) in [5.41, 5.74) is 0. The lowest BCUT2D eigenvalue weighted by Crippen LogP contribution is -2.32. The van der Waals surface area contributed by atoms with E-state index in [1.165, 1.54) is 0 Å². The minimum absolute atomic E-state index is 0.413. The van der Waals surface area contributed by atoms with Crippen molar-refractivity contribution >= 4 is 11.9 Å². The molecule has 1 atom stereocenters. The zero-order valence-electron chi connectivity index (χ0n) is 6.22. The van der Waals surface area contributed by atoms with Crippen LogP contribution in [0.25, 0.3) is 0 Å². The Hall–Kier alpha value is -1.10. The highest BCUT2D eigenvalue weighted by Gasteiger charge is 2.29. The van der Waals surface area contributed by atoms with Gasteiger partial charge in [-0.15, -0.1) is 0 Å². The molecule has 0 aromatic heterocycles. The average Bonchev–Trinajstić information content (AvgIpc) is 2.26. The molecule has 0 radical (unpaired) electrons. The maximum Gasteiger partial charge on any atom is 0.323 e. The van der Waals surface area contributed by atoms with Gasteiger partial charge in [-0.25, -0.2) is 4.79 Å². The van der Waals surface area contributed by atoms with Gasteiger partial charge in [-0.05, 0) is 6.42 Å². The number of hydrogen-bond acceptors (Lipinski definition) is 3. The van der Waals surface area contributed by atoms with Crippen LogP contribution in [0.4, 0.5) is 4.79 Å². The molecular weight excluding hydrogens is 148 g/mol. The fraction of sp³-hybridized carbons (Fsp3) is 0.667. The van der Waals surface area contributed by atoms with Gasteiger partial charge >= 0.3 is 6.03 Å². The second kappa shape index (κ2) is 3.34. The van der Waals surface area contributed by atoms with E-state index >= 15 is 0 Å². The number of imide groups is 1. The molecule has 0 saturated carbocycles. The first-order valence-electron chi connectivity index (χ1n) is 3.47. The van der Waals surface area contributed by atoms with Crippen molar-refractivity contribution in [2.24, 2.45) is 0 Å². The number of hydrogen-bond donors (Lipinski definition) is 2. The molecule has 1 aliphatic heterocycles. The van der Waals surface area contributed by atoms with Gasteiger partial charge < -0.3 is 10.1 Å². The zero-order chi connectivity index (χ0) is 8.27. The van der Waals surface area contributed by atoms with Crippen LogP contribution in [0, 0.1) is 0 Å². The van der Waals surface area contributed by atoms with Gasteiger partial charge in [0.15, 0.2) is 0 Å². The van der Waals surface area contributed by atoms with E-state index in [-0.39, 0.29) is 0 Å². The number of carbonyl (C=O) groups is 2. The zero-order valence-corrected chi connectivity index (χ0v) is 6.22. The summed E-state index contributed by atoms with van der Waals surface area (Å²) in [5.74, 6) is -0.413. The molecule has 0 aromatic rings. The van der Waals surface area contributed by atoms with Crippen LogP contribution in [0.1, 0.15) is 13.3 Å². The summed E-state index contributed by atoms with van der Waals surface area (Å²) in [6, 6.07) is -0.490. The minimum Gasteiger partial charge on any atom is -0.349 e. The first kappa shape index (κ1) is 8.00. The quantitative estimate of drug-likeness (QED) is 0.548. The normalized spacial score (nSPS) is 23.2. The van der Waals surface area contributed by atoms with E-state index in [4.69, 9.17) is 4.74 Å². The van der Waals surface area contributed by atoms with Crippen LogP contribution in [-0.2, 0) is 9.53 Å². The van der Waals surface area contributed by atoms with Crippen molar-refractivity contribution in [3.8, 4) is 0 Å². The first-order valence-corrected chi connectivity index (χ1v) is 3.47. The highest BCUT2D eigenvalue weighted by atomic mass is 16.5. The Morgan fingerprint density at radius 3 is 2.73 bits per heavy atom. The predicted molar refractivity (Wildman–Crippen MR) is 36.7 cm³/mol. The van der Waals surface area contributed by atoms with Gasteiger partial charge in [0.1, 0.15) is 0 Å². The van der Waals surface area contributed by atoms with Crippen LogP contribution in [0.2, 0.25) is 0 Å². The van der Waals surface area contributed by atoms with Crippen molar-refractivity contribution in [2.45, 2.75) is 19.6 Å². The lowest BCUT2D eigenvalue weighted by molar-refractivity contribution is -0.130. The van der Waals surface area contributed by atoms with Crippen molar-refractivity contribution in [1.82, 2.24) is 10.6 Å². The summed E-state index contributed by atoms with van der Waals surface area (Å²) < 4.78 is 4.99. The predicted octanol–water partition coefficient (Wildman–Crippen LogP) is -0.421. The monoisotopic (exact) mass is 158 g/mol. The molecule has 5 heteroatoms. The van der Waals surface area contributed by atoms with Crippen LogP contribution in [0.15, 0.2) is 0 Å². The van der Waals surface area contributed by atoms with Crippen LogP contribution < -0.4 is 10.6 Å². The molecule has 5 nitrogen and oxygen atoms in total. The molecule has 1 fully saturated rings. The van der Waals surface area contributed by atoms with E-state index in [0.717, 1.165) is 6.42 Å². The summed E-state index contributed by atoms with van der Waals surface area (Å²) in [6.07, 6.45) is 0.0297. The van der Waals surface area contributed by atoms with Crippen molar-refractivity contribution in [1.29, 1.82) is 0 Å². The molecule has 3 amide bonds. The summed E-state index contributed by atoms with van der Waals surface area (Å²) in [6.45, 7) is 2.40. The third kappa shape index (κ3) is 1.91. The average molecular weight is 158 g/mol. The number of ether oxygens (including phenoxy) is 1.